The molecule has 20 heavy (non-hydrogen) atoms. The molecule has 0 atom stereocenters. The van der Waals surface area contributed by atoms with Crippen molar-refractivity contribution in [2.24, 2.45) is 0 Å². The van der Waals surface area contributed by atoms with Crippen LogP contribution in [-0.2, 0) is 6.18 Å². The van der Waals surface area contributed by atoms with Crippen LogP contribution in [0.25, 0.3) is 11.3 Å². The zero-order valence-corrected chi connectivity index (χ0v) is 10.2. The van der Waals surface area contributed by atoms with Gasteiger partial charge in [-0.1, -0.05) is 12.1 Å². The standard InChI is InChI=1S/C13H9F3O4/c1-19-8-4-2-3-7(5-8)10-6-9(12(17)18)11(20-10)13(14,15)16/h2-6H,1H3,(H,17,18). The predicted octanol–water partition coefficient (Wildman–Crippen LogP) is 3.67. The molecule has 0 aliphatic rings. The Hall–Kier alpha value is -2.44. The van der Waals surface area contributed by atoms with Crippen molar-refractivity contribution < 1.29 is 32.2 Å². The van der Waals surface area contributed by atoms with E-state index in [2.05, 4.69) is 4.42 Å². The molecular formula is C13H9F3O4. The highest BCUT2D eigenvalue weighted by atomic mass is 19.4. The minimum Gasteiger partial charge on any atom is -0.497 e. The van der Waals surface area contributed by atoms with Gasteiger partial charge in [0.1, 0.15) is 17.1 Å². The SMILES string of the molecule is COc1cccc(-c2cc(C(=O)O)c(C(F)(F)F)o2)c1. The van der Waals surface area contributed by atoms with Gasteiger partial charge in [-0.15, -0.1) is 0 Å². The number of methoxy groups -OCH3 is 1. The molecule has 2 rings (SSSR count). The minimum absolute atomic E-state index is 0.186. The first kappa shape index (κ1) is 14.0. The number of ether oxygens (including phenoxy) is 1. The van der Waals surface area contributed by atoms with Crippen LogP contribution in [-0.4, -0.2) is 18.2 Å². The topological polar surface area (TPSA) is 59.7 Å². The van der Waals surface area contributed by atoms with E-state index in [1.54, 1.807) is 12.1 Å². The maximum absolute atomic E-state index is 12.7. The number of hydrogen-bond donors (Lipinski definition) is 1. The van der Waals surface area contributed by atoms with Crippen LogP contribution in [0, 0.1) is 0 Å². The Morgan fingerprint density at radius 1 is 1.30 bits per heavy atom. The van der Waals surface area contributed by atoms with Crippen molar-refractivity contribution >= 4 is 5.97 Å². The summed E-state index contributed by atoms with van der Waals surface area (Å²) < 4.78 is 47.7. The van der Waals surface area contributed by atoms with Gasteiger partial charge in [0.15, 0.2) is 0 Å². The molecule has 0 amide bonds. The summed E-state index contributed by atoms with van der Waals surface area (Å²) in [7, 11) is 1.41. The number of carboxylic acid groups (broad SMARTS) is 1. The van der Waals surface area contributed by atoms with Gasteiger partial charge < -0.3 is 14.3 Å². The summed E-state index contributed by atoms with van der Waals surface area (Å²) in [6, 6.07) is 6.96. The lowest BCUT2D eigenvalue weighted by atomic mass is 10.1. The van der Waals surface area contributed by atoms with Gasteiger partial charge in [0.05, 0.1) is 7.11 Å². The lowest BCUT2D eigenvalue weighted by molar-refractivity contribution is -0.153. The number of furan rings is 1. The quantitative estimate of drug-likeness (QED) is 0.935. The molecule has 0 saturated heterocycles. The van der Waals surface area contributed by atoms with E-state index >= 15 is 0 Å². The number of aromatic carboxylic acids is 1. The number of rotatable bonds is 3. The Labute approximate surface area is 111 Å². The van der Waals surface area contributed by atoms with E-state index in [-0.39, 0.29) is 5.76 Å². The smallest absolute Gasteiger partial charge is 0.450 e. The van der Waals surface area contributed by atoms with Crippen molar-refractivity contribution in [3.05, 3.63) is 41.7 Å². The van der Waals surface area contributed by atoms with E-state index in [4.69, 9.17) is 9.84 Å². The Balaban J connectivity index is 2.56. The van der Waals surface area contributed by atoms with Crippen molar-refractivity contribution in [3.8, 4) is 17.1 Å². The van der Waals surface area contributed by atoms with Gasteiger partial charge in [-0.05, 0) is 18.2 Å². The number of alkyl halides is 3. The summed E-state index contributed by atoms with van der Waals surface area (Å²) in [5, 5.41) is 8.81. The van der Waals surface area contributed by atoms with Crippen molar-refractivity contribution in [2.75, 3.05) is 7.11 Å². The molecule has 0 radical (unpaired) electrons. The van der Waals surface area contributed by atoms with Crippen LogP contribution in [0.2, 0.25) is 0 Å². The second-order valence-corrected chi connectivity index (χ2v) is 3.89. The Morgan fingerprint density at radius 2 is 2.00 bits per heavy atom. The second kappa shape index (κ2) is 4.92. The second-order valence-electron chi connectivity index (χ2n) is 3.89. The molecule has 1 aromatic carbocycles. The van der Waals surface area contributed by atoms with Gasteiger partial charge >= 0.3 is 12.1 Å². The maximum Gasteiger partial charge on any atom is 0.450 e. The fourth-order valence-electron chi connectivity index (χ4n) is 1.68. The summed E-state index contributed by atoms with van der Waals surface area (Å²) in [4.78, 5) is 10.9. The first-order valence-corrected chi connectivity index (χ1v) is 5.41. The van der Waals surface area contributed by atoms with Gasteiger partial charge in [0.25, 0.3) is 0 Å². The third kappa shape index (κ3) is 2.61. The van der Waals surface area contributed by atoms with E-state index < -0.39 is 23.5 Å². The molecule has 0 fully saturated rings. The van der Waals surface area contributed by atoms with E-state index in [1.165, 1.54) is 19.2 Å². The third-order valence-corrected chi connectivity index (χ3v) is 2.57. The van der Waals surface area contributed by atoms with Gasteiger partial charge in [-0.2, -0.15) is 13.2 Å². The highest BCUT2D eigenvalue weighted by Crippen LogP contribution is 2.37. The number of carbonyl (C=O) groups is 1. The van der Waals surface area contributed by atoms with E-state index in [1.807, 2.05) is 0 Å². The van der Waals surface area contributed by atoms with Crippen LogP contribution in [0.1, 0.15) is 16.1 Å². The normalized spacial score (nSPS) is 11.4. The molecule has 0 bridgehead atoms. The van der Waals surface area contributed by atoms with Crippen LogP contribution in [0.15, 0.2) is 34.7 Å². The molecule has 1 N–H and O–H groups in total. The number of benzene rings is 1. The summed E-state index contributed by atoms with van der Waals surface area (Å²) in [6.45, 7) is 0. The van der Waals surface area contributed by atoms with Crippen LogP contribution in [0.5, 0.6) is 5.75 Å². The molecule has 1 heterocycles. The molecule has 7 heteroatoms. The maximum atomic E-state index is 12.7. The molecule has 4 nitrogen and oxygen atoms in total. The molecule has 0 aliphatic carbocycles. The van der Waals surface area contributed by atoms with Gasteiger partial charge in [0, 0.05) is 5.56 Å². The molecule has 0 aliphatic heterocycles. The van der Waals surface area contributed by atoms with Crippen LogP contribution >= 0.6 is 0 Å². The zero-order valence-electron chi connectivity index (χ0n) is 10.2. The van der Waals surface area contributed by atoms with Gasteiger partial charge in [-0.3, -0.25) is 0 Å². The molecule has 106 valence electrons. The van der Waals surface area contributed by atoms with E-state index in [0.717, 1.165) is 6.07 Å². The van der Waals surface area contributed by atoms with E-state index in [0.29, 0.717) is 11.3 Å². The highest BCUT2D eigenvalue weighted by molar-refractivity contribution is 5.90. The van der Waals surface area contributed by atoms with E-state index in [9.17, 15) is 18.0 Å². The Morgan fingerprint density at radius 3 is 2.50 bits per heavy atom. The zero-order chi connectivity index (χ0) is 14.9. The summed E-state index contributed by atoms with van der Waals surface area (Å²) in [6.07, 6.45) is -4.87. The fraction of sp³-hybridized carbons (Fsp3) is 0.154. The number of carboxylic acids is 1. The van der Waals surface area contributed by atoms with Gasteiger partial charge in [0.2, 0.25) is 5.76 Å². The molecule has 2 aromatic rings. The monoisotopic (exact) mass is 286 g/mol. The fourth-order valence-corrected chi connectivity index (χ4v) is 1.68. The summed E-state index contributed by atoms with van der Waals surface area (Å²) in [5.74, 6) is -2.99. The van der Waals surface area contributed by atoms with Crippen LogP contribution < -0.4 is 4.74 Å². The first-order chi connectivity index (χ1) is 9.32. The average Bonchev–Trinajstić information content (AvgIpc) is 2.84. The van der Waals surface area contributed by atoms with Crippen molar-refractivity contribution in [2.45, 2.75) is 6.18 Å². The van der Waals surface area contributed by atoms with Crippen molar-refractivity contribution in [1.82, 2.24) is 0 Å². The molecule has 0 unspecified atom stereocenters. The Kier molecular flexibility index (Phi) is 3.44. The third-order valence-electron chi connectivity index (χ3n) is 2.57. The Bertz CT molecular complexity index is 643. The first-order valence-electron chi connectivity index (χ1n) is 5.41. The van der Waals surface area contributed by atoms with Crippen LogP contribution in [0.4, 0.5) is 13.2 Å². The molecule has 1 aromatic heterocycles. The molecule has 0 saturated carbocycles. The highest BCUT2D eigenvalue weighted by Gasteiger charge is 2.40. The molecular weight excluding hydrogens is 277 g/mol. The summed E-state index contributed by atoms with van der Waals surface area (Å²) >= 11 is 0. The summed E-state index contributed by atoms with van der Waals surface area (Å²) in [5.41, 5.74) is -0.627. The number of halogens is 3. The molecule has 0 spiro atoms. The van der Waals surface area contributed by atoms with Crippen LogP contribution in [0.3, 0.4) is 0 Å². The minimum atomic E-state index is -4.87. The van der Waals surface area contributed by atoms with Gasteiger partial charge in [-0.25, -0.2) is 4.79 Å². The lowest BCUT2D eigenvalue weighted by Crippen LogP contribution is -2.09. The van der Waals surface area contributed by atoms with Crippen molar-refractivity contribution in [1.29, 1.82) is 0 Å². The van der Waals surface area contributed by atoms with Crippen molar-refractivity contribution in [3.63, 3.8) is 0 Å². The largest absolute Gasteiger partial charge is 0.497 e. The average molecular weight is 286 g/mol. The number of hydrogen-bond acceptors (Lipinski definition) is 3. The predicted molar refractivity (Wildman–Crippen MR) is 62.7 cm³/mol. The lowest BCUT2D eigenvalue weighted by Gasteiger charge is -2.04.